The second-order valence-corrected chi connectivity index (χ2v) is 28.3. The quantitative estimate of drug-likeness (QED) is 0.0142. The predicted molar refractivity (Wildman–Crippen MR) is 337 cm³/mol. The van der Waals surface area contributed by atoms with Gasteiger partial charge in [-0.2, -0.15) is 0 Å². The van der Waals surface area contributed by atoms with Gasteiger partial charge in [-0.3, -0.25) is 38.9 Å². The Hall–Kier alpha value is -6.62. The largest absolute Gasteiger partial charge is 0.481 e. The van der Waals surface area contributed by atoms with Gasteiger partial charge in [0, 0.05) is 70.6 Å². The third kappa shape index (κ3) is 17.0. The zero-order valence-electron chi connectivity index (χ0n) is 54.4. The maximum absolute atomic E-state index is 16.1. The van der Waals surface area contributed by atoms with Crippen LogP contribution in [0.3, 0.4) is 0 Å². The van der Waals surface area contributed by atoms with E-state index < -0.39 is 142 Å². The van der Waals surface area contributed by atoms with Crippen molar-refractivity contribution in [2.45, 2.75) is 198 Å². The number of carbonyl (C=O) groups excluding carboxylic acids is 8. The molecule has 4 aliphatic rings. The number of ketones is 1. The highest BCUT2D eigenvalue weighted by Crippen LogP contribution is 2.68. The minimum absolute atomic E-state index is 0.0545. The molecule has 25 nitrogen and oxygen atoms in total. The molecule has 3 fully saturated rings. The number of alkyl carbamates (subject to hydrolysis) is 1. The van der Waals surface area contributed by atoms with Gasteiger partial charge in [0.15, 0.2) is 11.4 Å². The number of rotatable bonds is 31. The van der Waals surface area contributed by atoms with Gasteiger partial charge in [-0.15, -0.1) is 0 Å². The normalized spacial score (nSPS) is 26.8. The van der Waals surface area contributed by atoms with Crippen molar-refractivity contribution in [2.75, 3.05) is 45.4 Å². The fraction of sp³-hybridized carbons (Fsp3) is 0.631. The Morgan fingerprint density at radius 2 is 1.49 bits per heavy atom. The molecule has 13 atom stereocenters. The lowest BCUT2D eigenvalue weighted by Gasteiger charge is -2.71. The Morgan fingerprint density at radius 3 is 2.08 bits per heavy atom. The van der Waals surface area contributed by atoms with E-state index in [1.54, 1.807) is 104 Å². The minimum Gasteiger partial charge on any atom is -0.481 e. The second kappa shape index (κ2) is 31.5. The standard InChI is InChI=1S/C65H90N4O21S2/c1-37(68-46(71)34-67-42(55(77)78)28-29-48(73)74)22-19-20-30-66-47(72)35-92-91-31-21-27-49(75)87-53(51(40-23-15-13-16-24-40)69-59(81)90-60(4,5)6)57(80)86-43-33-65(82)61(7,8)50(38(43)2)52(84-12)54(76)62(9)44(83-11)32-45-64(36-85-45,88-39(3)70)58(62)63(65,10)89-56(79)41-25-17-14-18-26-41/h13-18,23-26,37,42-45,51-53,58,67,82H,19-22,27-36H2,1-12H3,(H,66,72)(H,68,71)(H,69,81)(H,73,74)(H,77,78)/t37-,42+,43+,44+,45-,51+,52-,53-,58-,62+,63-,64+,65+/m1/s1. The lowest BCUT2D eigenvalue weighted by atomic mass is 9.41. The highest BCUT2D eigenvalue weighted by atomic mass is 33.1. The average molecular weight is 1330 g/mol. The molecule has 2 bridgehead atoms. The number of ether oxygens (including phenoxy) is 8. The number of aliphatic carboxylic acids is 2. The molecule has 0 spiro atoms. The Morgan fingerprint density at radius 1 is 0.826 bits per heavy atom. The van der Waals surface area contributed by atoms with Crippen molar-refractivity contribution in [3.63, 3.8) is 0 Å². The number of carbonyl (C=O) groups is 10. The highest BCUT2D eigenvalue weighted by Gasteiger charge is 2.82. The van der Waals surface area contributed by atoms with E-state index in [4.69, 9.17) is 43.0 Å². The van der Waals surface area contributed by atoms with Crippen LogP contribution in [-0.4, -0.2) is 185 Å². The molecule has 3 aliphatic carbocycles. The summed E-state index contributed by atoms with van der Waals surface area (Å²) in [5, 5.41) is 43.4. The van der Waals surface area contributed by atoms with E-state index in [0.717, 1.165) is 0 Å². The molecule has 3 amide bonds. The molecule has 92 heavy (non-hydrogen) atoms. The van der Waals surface area contributed by atoms with Crippen LogP contribution in [0.5, 0.6) is 0 Å². The number of Topliss-reactive ketones (excluding diaryl/α,β-unsaturated/α-hetero) is 1. The highest BCUT2D eigenvalue weighted by molar-refractivity contribution is 8.76. The zero-order valence-corrected chi connectivity index (χ0v) is 56.0. The molecule has 0 radical (unpaired) electrons. The van der Waals surface area contributed by atoms with E-state index in [0.29, 0.717) is 37.1 Å². The van der Waals surface area contributed by atoms with Crippen LogP contribution in [0.1, 0.15) is 149 Å². The number of aliphatic hydroxyl groups is 1. The van der Waals surface area contributed by atoms with E-state index in [2.05, 4.69) is 21.3 Å². The fourth-order valence-corrected chi connectivity index (χ4v) is 15.6. The molecule has 1 aliphatic heterocycles. The van der Waals surface area contributed by atoms with E-state index >= 15 is 9.59 Å². The van der Waals surface area contributed by atoms with Gasteiger partial charge in [0.25, 0.3) is 0 Å². The zero-order chi connectivity index (χ0) is 68.1. The number of methoxy groups -OCH3 is 2. The van der Waals surface area contributed by atoms with Crippen LogP contribution in [0.2, 0.25) is 0 Å². The number of carboxylic acid groups (broad SMARTS) is 2. The number of unbranched alkanes of at least 4 members (excludes halogenated alkanes) is 1. The number of fused-ring (bicyclic) bond motifs is 5. The summed E-state index contributed by atoms with van der Waals surface area (Å²) in [7, 11) is 5.33. The van der Waals surface area contributed by atoms with Crippen molar-refractivity contribution in [3.05, 3.63) is 82.9 Å². The summed E-state index contributed by atoms with van der Waals surface area (Å²) < 4.78 is 49.9. The topological polar surface area (TPSA) is 353 Å². The van der Waals surface area contributed by atoms with Crippen molar-refractivity contribution in [1.29, 1.82) is 0 Å². The predicted octanol–water partition coefficient (Wildman–Crippen LogP) is 6.37. The van der Waals surface area contributed by atoms with Crippen LogP contribution in [0, 0.1) is 16.7 Å². The van der Waals surface area contributed by atoms with Gasteiger partial charge in [0.2, 0.25) is 17.9 Å². The van der Waals surface area contributed by atoms with Crippen molar-refractivity contribution in [3.8, 4) is 0 Å². The molecular weight excluding hydrogens is 1240 g/mol. The van der Waals surface area contributed by atoms with Crippen molar-refractivity contribution >= 4 is 81.1 Å². The summed E-state index contributed by atoms with van der Waals surface area (Å²) in [6, 6.07) is 13.3. The van der Waals surface area contributed by atoms with Crippen molar-refractivity contribution < 1.29 is 101 Å². The van der Waals surface area contributed by atoms with Gasteiger partial charge in [-0.25, -0.2) is 14.4 Å². The van der Waals surface area contributed by atoms with Gasteiger partial charge >= 0.3 is 41.9 Å². The summed E-state index contributed by atoms with van der Waals surface area (Å²) >= 11 is 0. The van der Waals surface area contributed by atoms with Crippen LogP contribution >= 0.6 is 21.6 Å². The van der Waals surface area contributed by atoms with E-state index in [1.165, 1.54) is 61.8 Å². The second-order valence-electron chi connectivity index (χ2n) is 25.7. The summed E-state index contributed by atoms with van der Waals surface area (Å²) in [5.74, 6) is -8.34. The minimum atomic E-state index is -2.40. The Balaban J connectivity index is 1.22. The first kappa shape index (κ1) is 74.4. The van der Waals surface area contributed by atoms with Crippen LogP contribution < -0.4 is 21.3 Å². The lowest BCUT2D eigenvalue weighted by molar-refractivity contribution is -0.367. The monoisotopic (exact) mass is 1330 g/mol. The fourth-order valence-electron chi connectivity index (χ4n) is 13.6. The third-order valence-corrected chi connectivity index (χ3v) is 20.3. The molecule has 2 aromatic carbocycles. The van der Waals surface area contributed by atoms with Gasteiger partial charge in [-0.1, -0.05) is 84.0 Å². The molecule has 2 aromatic rings. The molecule has 1 saturated heterocycles. The molecule has 6 rings (SSSR count). The number of hydrogen-bond acceptors (Lipinski definition) is 22. The maximum atomic E-state index is 16.1. The molecule has 7 N–H and O–H groups in total. The Bertz CT molecular complexity index is 3040. The van der Waals surface area contributed by atoms with Crippen molar-refractivity contribution in [1.82, 2.24) is 21.3 Å². The SMILES string of the molecule is CO[C@H]1C(=O)[C@]2(C)[C@@H](OC)C[C@H]3OC[C@@]3(OC(C)=O)[C@H]2[C@@](C)(OC(=O)c2ccccc2)[C@]2(O)C[C@H](OC(=O)[C@H](OC(=O)CCCSSCC(=O)NCCCC[C@@H](C)NC(=O)CN[C@@H](CCC(=O)O)C(=O)O)[C@@H](NC(=O)OC(C)(C)C)c3ccccc3)C(C)=C1C2(C)C. The van der Waals surface area contributed by atoms with Gasteiger partial charge in [-0.05, 0) is 109 Å². The van der Waals surface area contributed by atoms with E-state index in [-0.39, 0.29) is 79.7 Å². The number of carboxylic acids is 2. The summed E-state index contributed by atoms with van der Waals surface area (Å²) in [4.78, 5) is 135. The first-order valence-electron chi connectivity index (χ1n) is 30.8. The molecule has 27 heteroatoms. The summed E-state index contributed by atoms with van der Waals surface area (Å²) in [6.45, 7) is 15.8. The molecule has 0 unspecified atom stereocenters. The van der Waals surface area contributed by atoms with Crippen LogP contribution in [-0.2, 0) is 76.3 Å². The van der Waals surface area contributed by atoms with Gasteiger partial charge < -0.3 is 69.2 Å². The summed E-state index contributed by atoms with van der Waals surface area (Å²) in [6.07, 6.45) is -7.02. The van der Waals surface area contributed by atoms with Gasteiger partial charge in [0.1, 0.15) is 47.2 Å². The smallest absolute Gasteiger partial charge is 0.408 e. The van der Waals surface area contributed by atoms with Crippen LogP contribution in [0.15, 0.2) is 71.8 Å². The first-order valence-corrected chi connectivity index (χ1v) is 33.3. The molecular formula is C65H90N4O21S2. The Kier molecular flexibility index (Phi) is 25.5. The number of nitrogens with one attached hydrogen (secondary N) is 4. The number of benzene rings is 2. The third-order valence-electron chi connectivity index (χ3n) is 17.9. The average Bonchev–Trinajstić information content (AvgIpc) is 0.658. The molecule has 1 heterocycles. The molecule has 0 aromatic heterocycles. The molecule has 2 saturated carbocycles. The van der Waals surface area contributed by atoms with Crippen LogP contribution in [0.4, 0.5) is 4.79 Å². The maximum Gasteiger partial charge on any atom is 0.408 e. The van der Waals surface area contributed by atoms with Crippen molar-refractivity contribution in [2.24, 2.45) is 16.7 Å². The number of hydrogen-bond donors (Lipinski definition) is 7. The summed E-state index contributed by atoms with van der Waals surface area (Å²) in [5.41, 5.74) is -9.98. The number of esters is 4. The Labute approximate surface area is 544 Å². The van der Waals surface area contributed by atoms with E-state index in [1.807, 2.05) is 0 Å². The number of amides is 3. The van der Waals surface area contributed by atoms with Crippen LogP contribution in [0.25, 0.3) is 0 Å². The lowest BCUT2D eigenvalue weighted by Crippen LogP contribution is -2.85. The van der Waals surface area contributed by atoms with Gasteiger partial charge in [0.05, 0.1) is 41.9 Å². The van der Waals surface area contributed by atoms with E-state index in [9.17, 15) is 48.6 Å². The first-order chi connectivity index (χ1) is 43.2. The molecule has 508 valence electrons.